The SMILES string of the molecule is O=C(NCc1ccc(Cl)cc1)c1cc([N+](=O)[O-])cnc1Cl. The molecule has 1 aromatic carbocycles. The largest absolute Gasteiger partial charge is 0.348 e. The maximum absolute atomic E-state index is 12.0. The number of pyridine rings is 1. The third kappa shape index (κ3) is 3.90. The highest BCUT2D eigenvalue weighted by Crippen LogP contribution is 2.19. The topological polar surface area (TPSA) is 85.1 Å². The highest BCUT2D eigenvalue weighted by Gasteiger charge is 2.16. The van der Waals surface area contributed by atoms with Gasteiger partial charge in [-0.25, -0.2) is 4.98 Å². The summed E-state index contributed by atoms with van der Waals surface area (Å²) in [5, 5.41) is 13.8. The highest BCUT2D eigenvalue weighted by molar-refractivity contribution is 6.32. The molecule has 1 aromatic heterocycles. The van der Waals surface area contributed by atoms with E-state index < -0.39 is 10.8 Å². The zero-order chi connectivity index (χ0) is 15.4. The molecule has 0 atom stereocenters. The Balaban J connectivity index is 2.11. The summed E-state index contributed by atoms with van der Waals surface area (Å²) >= 11 is 11.5. The van der Waals surface area contributed by atoms with Gasteiger partial charge in [-0.05, 0) is 17.7 Å². The summed E-state index contributed by atoms with van der Waals surface area (Å²) in [7, 11) is 0. The van der Waals surface area contributed by atoms with Crippen LogP contribution < -0.4 is 5.32 Å². The Hall–Kier alpha value is -2.18. The molecule has 0 saturated heterocycles. The number of amides is 1. The monoisotopic (exact) mass is 325 g/mol. The number of carbonyl (C=O) groups excluding carboxylic acids is 1. The van der Waals surface area contributed by atoms with Gasteiger partial charge in [0.25, 0.3) is 11.6 Å². The van der Waals surface area contributed by atoms with Crippen molar-refractivity contribution in [3.63, 3.8) is 0 Å². The molecule has 0 bridgehead atoms. The summed E-state index contributed by atoms with van der Waals surface area (Å²) in [6, 6.07) is 8.01. The first-order valence-corrected chi connectivity index (χ1v) is 6.55. The van der Waals surface area contributed by atoms with Crippen molar-refractivity contribution in [3.8, 4) is 0 Å². The number of rotatable bonds is 4. The molecule has 21 heavy (non-hydrogen) atoms. The minimum atomic E-state index is -0.640. The standard InChI is InChI=1S/C13H9Cl2N3O3/c14-9-3-1-8(2-4-9)6-17-13(19)11-5-10(18(20)21)7-16-12(11)15/h1-5,7H,6H2,(H,17,19). The molecule has 2 aromatic rings. The molecule has 6 nitrogen and oxygen atoms in total. The molecule has 0 aliphatic heterocycles. The van der Waals surface area contributed by atoms with Gasteiger partial charge in [0.15, 0.2) is 0 Å². The highest BCUT2D eigenvalue weighted by atomic mass is 35.5. The van der Waals surface area contributed by atoms with E-state index >= 15 is 0 Å². The van der Waals surface area contributed by atoms with Crippen LogP contribution in [0.15, 0.2) is 36.5 Å². The van der Waals surface area contributed by atoms with Gasteiger partial charge in [-0.3, -0.25) is 14.9 Å². The van der Waals surface area contributed by atoms with E-state index in [9.17, 15) is 14.9 Å². The van der Waals surface area contributed by atoms with Crippen molar-refractivity contribution in [2.24, 2.45) is 0 Å². The summed E-state index contributed by atoms with van der Waals surface area (Å²) in [5.74, 6) is -0.536. The number of benzene rings is 1. The fourth-order valence-electron chi connectivity index (χ4n) is 1.58. The van der Waals surface area contributed by atoms with E-state index in [1.54, 1.807) is 24.3 Å². The van der Waals surface area contributed by atoms with Crippen molar-refractivity contribution in [1.82, 2.24) is 10.3 Å². The first-order chi connectivity index (χ1) is 9.97. The summed E-state index contributed by atoms with van der Waals surface area (Å²) in [5.41, 5.74) is 0.498. The van der Waals surface area contributed by atoms with Gasteiger partial charge in [0.05, 0.1) is 10.5 Å². The molecule has 0 radical (unpaired) electrons. The van der Waals surface area contributed by atoms with E-state index in [1.807, 2.05) is 0 Å². The molecule has 2 rings (SSSR count). The lowest BCUT2D eigenvalue weighted by atomic mass is 10.2. The lowest BCUT2D eigenvalue weighted by Crippen LogP contribution is -2.23. The Morgan fingerprint density at radius 2 is 1.95 bits per heavy atom. The van der Waals surface area contributed by atoms with Crippen LogP contribution in [-0.2, 0) is 6.54 Å². The summed E-state index contributed by atoms with van der Waals surface area (Å²) in [6.07, 6.45) is 0.998. The van der Waals surface area contributed by atoms with Crippen LogP contribution >= 0.6 is 23.2 Å². The minimum absolute atomic E-state index is 0.0418. The Morgan fingerprint density at radius 3 is 2.57 bits per heavy atom. The van der Waals surface area contributed by atoms with Crippen LogP contribution in [0.1, 0.15) is 15.9 Å². The quantitative estimate of drug-likeness (QED) is 0.531. The van der Waals surface area contributed by atoms with E-state index in [1.165, 1.54) is 0 Å². The minimum Gasteiger partial charge on any atom is -0.348 e. The Kier molecular flexibility index (Phi) is 4.72. The molecular formula is C13H9Cl2N3O3. The van der Waals surface area contributed by atoms with Crippen LogP contribution in [0.25, 0.3) is 0 Å². The third-order valence-corrected chi connectivity index (χ3v) is 3.20. The Bertz CT molecular complexity index is 690. The Morgan fingerprint density at radius 1 is 1.29 bits per heavy atom. The van der Waals surface area contributed by atoms with Crippen LogP contribution in [0.3, 0.4) is 0 Å². The van der Waals surface area contributed by atoms with Crippen molar-refractivity contribution >= 4 is 34.8 Å². The van der Waals surface area contributed by atoms with E-state index in [-0.39, 0.29) is 22.9 Å². The van der Waals surface area contributed by atoms with Gasteiger partial charge in [-0.1, -0.05) is 35.3 Å². The molecule has 0 unspecified atom stereocenters. The van der Waals surface area contributed by atoms with Crippen molar-refractivity contribution in [3.05, 3.63) is 67.9 Å². The van der Waals surface area contributed by atoms with Crippen LogP contribution in [0, 0.1) is 10.1 Å². The Labute approximate surface area is 129 Å². The molecule has 0 aliphatic rings. The summed E-state index contributed by atoms with van der Waals surface area (Å²) in [4.78, 5) is 25.7. The summed E-state index contributed by atoms with van der Waals surface area (Å²) in [6.45, 7) is 0.245. The second kappa shape index (κ2) is 6.51. The normalized spacial score (nSPS) is 10.2. The van der Waals surface area contributed by atoms with Gasteiger partial charge in [0.2, 0.25) is 0 Å². The maximum atomic E-state index is 12.0. The van der Waals surface area contributed by atoms with Crippen LogP contribution in [0.5, 0.6) is 0 Å². The van der Waals surface area contributed by atoms with Crippen LogP contribution in [0.4, 0.5) is 5.69 Å². The average Bonchev–Trinajstić information content (AvgIpc) is 2.46. The number of nitro groups is 1. The smallest absolute Gasteiger partial charge is 0.288 e. The second-order valence-electron chi connectivity index (χ2n) is 4.10. The predicted octanol–water partition coefficient (Wildman–Crippen LogP) is 3.23. The zero-order valence-electron chi connectivity index (χ0n) is 10.5. The number of aromatic nitrogens is 1. The third-order valence-electron chi connectivity index (χ3n) is 2.65. The number of halogens is 2. The maximum Gasteiger partial charge on any atom is 0.288 e. The molecule has 1 heterocycles. The molecule has 1 N–H and O–H groups in total. The molecule has 8 heteroatoms. The number of hydrogen-bond donors (Lipinski definition) is 1. The van der Waals surface area contributed by atoms with Gasteiger partial charge in [-0.2, -0.15) is 0 Å². The lowest BCUT2D eigenvalue weighted by molar-refractivity contribution is -0.385. The predicted molar refractivity (Wildman–Crippen MR) is 78.5 cm³/mol. The van der Waals surface area contributed by atoms with Crippen molar-refractivity contribution in [2.75, 3.05) is 0 Å². The van der Waals surface area contributed by atoms with Crippen molar-refractivity contribution in [1.29, 1.82) is 0 Å². The molecule has 0 aliphatic carbocycles. The number of nitrogens with one attached hydrogen (secondary N) is 1. The summed E-state index contributed by atoms with van der Waals surface area (Å²) < 4.78 is 0. The average molecular weight is 326 g/mol. The fourth-order valence-corrected chi connectivity index (χ4v) is 1.89. The number of carbonyl (C=O) groups is 1. The molecule has 0 spiro atoms. The lowest BCUT2D eigenvalue weighted by Gasteiger charge is -2.06. The fraction of sp³-hybridized carbons (Fsp3) is 0.0769. The zero-order valence-corrected chi connectivity index (χ0v) is 12.1. The van der Waals surface area contributed by atoms with E-state index in [4.69, 9.17) is 23.2 Å². The number of hydrogen-bond acceptors (Lipinski definition) is 4. The van der Waals surface area contributed by atoms with Gasteiger partial charge in [0.1, 0.15) is 11.3 Å². The van der Waals surface area contributed by atoms with Crippen LogP contribution in [-0.4, -0.2) is 15.8 Å². The van der Waals surface area contributed by atoms with Gasteiger partial charge < -0.3 is 5.32 Å². The van der Waals surface area contributed by atoms with E-state index in [0.29, 0.717) is 5.02 Å². The van der Waals surface area contributed by atoms with Gasteiger partial charge in [0, 0.05) is 17.6 Å². The van der Waals surface area contributed by atoms with Gasteiger partial charge in [-0.15, -0.1) is 0 Å². The van der Waals surface area contributed by atoms with Crippen LogP contribution in [0.2, 0.25) is 10.2 Å². The number of nitrogens with zero attached hydrogens (tertiary/aromatic N) is 2. The van der Waals surface area contributed by atoms with Gasteiger partial charge >= 0.3 is 0 Å². The van der Waals surface area contributed by atoms with E-state index in [0.717, 1.165) is 17.8 Å². The molecule has 108 valence electrons. The second-order valence-corrected chi connectivity index (χ2v) is 4.89. The van der Waals surface area contributed by atoms with Crippen molar-refractivity contribution < 1.29 is 9.72 Å². The molecule has 1 amide bonds. The molecular weight excluding hydrogens is 317 g/mol. The van der Waals surface area contributed by atoms with E-state index in [2.05, 4.69) is 10.3 Å². The molecule has 0 saturated carbocycles. The first kappa shape index (κ1) is 15.2. The first-order valence-electron chi connectivity index (χ1n) is 5.80. The van der Waals surface area contributed by atoms with Crippen molar-refractivity contribution in [2.45, 2.75) is 6.54 Å². The molecule has 0 fully saturated rings.